The maximum absolute atomic E-state index is 13.0. The van der Waals surface area contributed by atoms with E-state index < -0.39 is 11.0 Å². The lowest BCUT2D eigenvalue weighted by molar-refractivity contribution is -0.132. The Labute approximate surface area is 226 Å². The summed E-state index contributed by atoms with van der Waals surface area (Å²) in [6, 6.07) is 11.2. The van der Waals surface area contributed by atoms with Crippen LogP contribution in [0.15, 0.2) is 60.0 Å². The van der Waals surface area contributed by atoms with Gasteiger partial charge in [0.2, 0.25) is 11.8 Å². The third-order valence-electron chi connectivity index (χ3n) is 5.88. The molecular weight excluding hydrogens is 506 g/mol. The number of aryl methyl sites for hydroxylation is 2. The monoisotopic (exact) mass is 541 g/mol. The first-order valence-electron chi connectivity index (χ1n) is 12.1. The van der Waals surface area contributed by atoms with Crippen LogP contribution >= 0.6 is 0 Å². The second-order valence-corrected chi connectivity index (χ2v) is 10.5. The minimum atomic E-state index is -1.54. The number of methoxy groups -OCH3 is 1. The molecule has 0 aliphatic rings. The van der Waals surface area contributed by atoms with E-state index in [0.29, 0.717) is 30.3 Å². The first kappa shape index (κ1) is 28.9. The first-order valence-corrected chi connectivity index (χ1v) is 13.2. The van der Waals surface area contributed by atoms with Crippen LogP contribution in [0, 0.1) is 13.8 Å². The highest BCUT2D eigenvalue weighted by molar-refractivity contribution is 7.82. The molecule has 204 valence electrons. The van der Waals surface area contributed by atoms with Gasteiger partial charge in [-0.1, -0.05) is 12.1 Å². The highest BCUT2D eigenvalue weighted by Gasteiger charge is 2.20. The number of rotatable bonds is 13. The zero-order chi connectivity index (χ0) is 27.7. The molecule has 1 atom stereocenters. The fourth-order valence-corrected chi connectivity index (χ4v) is 5.04. The summed E-state index contributed by atoms with van der Waals surface area (Å²) < 4.78 is 27.4. The molecule has 3 rings (SSSR count). The van der Waals surface area contributed by atoms with Gasteiger partial charge >= 0.3 is 0 Å². The molecule has 1 heterocycles. The highest BCUT2D eigenvalue weighted by Crippen LogP contribution is 2.25. The topological polar surface area (TPSA) is 106 Å². The van der Waals surface area contributed by atoms with E-state index in [-0.39, 0.29) is 24.9 Å². The molecular formula is C27H35N5O5S. The van der Waals surface area contributed by atoms with Gasteiger partial charge in [0.25, 0.3) is 0 Å². The van der Waals surface area contributed by atoms with Gasteiger partial charge in [-0.05, 0) is 54.8 Å². The Bertz CT molecular complexity index is 1220. The van der Waals surface area contributed by atoms with E-state index in [1.807, 2.05) is 61.0 Å². The van der Waals surface area contributed by atoms with Gasteiger partial charge in [0.15, 0.2) is 0 Å². The molecule has 3 aromatic rings. The Morgan fingerprint density at radius 3 is 2.37 bits per heavy atom. The zero-order valence-electron chi connectivity index (χ0n) is 22.5. The maximum Gasteiger partial charge on any atom is 0.242 e. The molecule has 10 nitrogen and oxygen atoms in total. The van der Waals surface area contributed by atoms with Crippen molar-refractivity contribution in [1.82, 2.24) is 24.1 Å². The van der Waals surface area contributed by atoms with Gasteiger partial charge in [0, 0.05) is 33.0 Å². The number of nitrogens with zero attached hydrogens (tertiary/aromatic N) is 4. The molecule has 0 saturated heterocycles. The van der Waals surface area contributed by atoms with Crippen LogP contribution in [-0.4, -0.2) is 75.7 Å². The minimum Gasteiger partial charge on any atom is -0.497 e. The molecule has 0 bridgehead atoms. The summed E-state index contributed by atoms with van der Waals surface area (Å²) in [6.07, 6.45) is 5.35. The van der Waals surface area contributed by atoms with Crippen molar-refractivity contribution in [3.63, 3.8) is 0 Å². The fourth-order valence-electron chi connectivity index (χ4n) is 3.83. The number of imidazole rings is 1. The Morgan fingerprint density at radius 2 is 1.76 bits per heavy atom. The molecule has 0 fully saturated rings. The summed E-state index contributed by atoms with van der Waals surface area (Å²) in [5.74, 6) is 0.819. The standard InChI is InChI=1S/C27H35N5O5S/c1-20-14-24(36-5)15-21(2)27(20)38(35)31(4)18-25(33)29-16-26(34)30(3)17-22-6-8-23(9-7-22)37-13-12-32-11-10-28-19-32/h6-11,14-15,19H,12-13,16-18H2,1-5H3,(H,29,33). The second kappa shape index (κ2) is 13.7. The third-order valence-corrected chi connectivity index (χ3v) is 7.56. The summed E-state index contributed by atoms with van der Waals surface area (Å²) in [5, 5.41) is 2.62. The number of aromatic nitrogens is 2. The molecule has 1 unspecified atom stereocenters. The summed E-state index contributed by atoms with van der Waals surface area (Å²) in [5.41, 5.74) is 2.58. The molecule has 38 heavy (non-hydrogen) atoms. The van der Waals surface area contributed by atoms with Crippen molar-refractivity contribution in [2.45, 2.75) is 31.8 Å². The number of likely N-dealkylation sites (N-methyl/N-ethyl adjacent to an activating group) is 2. The zero-order valence-corrected chi connectivity index (χ0v) is 23.3. The number of ether oxygens (including phenoxy) is 2. The van der Waals surface area contributed by atoms with Crippen molar-refractivity contribution < 1.29 is 23.3 Å². The predicted molar refractivity (Wildman–Crippen MR) is 145 cm³/mol. The molecule has 0 radical (unpaired) electrons. The maximum atomic E-state index is 13.0. The highest BCUT2D eigenvalue weighted by atomic mass is 32.2. The van der Waals surface area contributed by atoms with Crippen LogP contribution in [0.4, 0.5) is 0 Å². The summed E-state index contributed by atoms with van der Waals surface area (Å²) in [7, 11) is 3.33. The minimum absolute atomic E-state index is 0.114. The van der Waals surface area contributed by atoms with Gasteiger partial charge in [-0.3, -0.25) is 9.59 Å². The Hall–Kier alpha value is -3.70. The van der Waals surface area contributed by atoms with Crippen LogP contribution in [0.1, 0.15) is 16.7 Å². The van der Waals surface area contributed by atoms with E-state index in [2.05, 4.69) is 10.3 Å². The van der Waals surface area contributed by atoms with E-state index in [1.54, 1.807) is 38.6 Å². The number of benzene rings is 2. The van der Waals surface area contributed by atoms with Crippen molar-refractivity contribution in [3.05, 3.63) is 71.8 Å². The van der Waals surface area contributed by atoms with Gasteiger partial charge in [0.05, 0.1) is 38.0 Å². The second-order valence-electron chi connectivity index (χ2n) is 8.94. The first-order chi connectivity index (χ1) is 18.2. The molecule has 0 aliphatic heterocycles. The molecule has 0 saturated carbocycles. The van der Waals surface area contributed by atoms with Crippen LogP contribution < -0.4 is 14.8 Å². The van der Waals surface area contributed by atoms with Crippen molar-refractivity contribution in [1.29, 1.82) is 0 Å². The van der Waals surface area contributed by atoms with E-state index in [1.165, 1.54) is 4.31 Å². The number of hydrogen-bond acceptors (Lipinski definition) is 6. The quantitative estimate of drug-likeness (QED) is 0.356. The fraction of sp³-hybridized carbons (Fsp3) is 0.370. The summed E-state index contributed by atoms with van der Waals surface area (Å²) >= 11 is 0. The predicted octanol–water partition coefficient (Wildman–Crippen LogP) is 2.32. The lowest BCUT2D eigenvalue weighted by Gasteiger charge is -2.20. The van der Waals surface area contributed by atoms with E-state index in [0.717, 1.165) is 22.4 Å². The molecule has 1 aromatic heterocycles. The van der Waals surface area contributed by atoms with E-state index in [4.69, 9.17) is 9.47 Å². The Balaban J connectivity index is 1.42. The average molecular weight is 542 g/mol. The van der Waals surface area contributed by atoms with Gasteiger partial charge in [-0.15, -0.1) is 0 Å². The number of carbonyl (C=O) groups is 2. The summed E-state index contributed by atoms with van der Waals surface area (Å²) in [4.78, 5) is 31.2. The van der Waals surface area contributed by atoms with Crippen LogP contribution in [0.3, 0.4) is 0 Å². The van der Waals surface area contributed by atoms with Crippen molar-refractivity contribution in [2.24, 2.45) is 0 Å². The molecule has 0 aliphatic carbocycles. The van der Waals surface area contributed by atoms with Gasteiger partial charge in [-0.25, -0.2) is 13.5 Å². The van der Waals surface area contributed by atoms with Gasteiger partial charge < -0.3 is 24.3 Å². The molecule has 2 aromatic carbocycles. The largest absolute Gasteiger partial charge is 0.497 e. The van der Waals surface area contributed by atoms with Crippen molar-refractivity contribution >= 4 is 22.8 Å². The van der Waals surface area contributed by atoms with Crippen molar-refractivity contribution in [2.75, 3.05) is 40.9 Å². The SMILES string of the molecule is COc1cc(C)c(S(=O)N(C)CC(=O)NCC(=O)N(C)Cc2ccc(OCCn3ccnc3)cc2)c(C)c1. The van der Waals surface area contributed by atoms with E-state index in [9.17, 15) is 13.8 Å². The summed E-state index contributed by atoms with van der Waals surface area (Å²) in [6.45, 7) is 5.07. The smallest absolute Gasteiger partial charge is 0.242 e. The van der Waals surface area contributed by atoms with E-state index >= 15 is 0 Å². The number of amides is 2. The van der Waals surface area contributed by atoms with Crippen LogP contribution in [0.5, 0.6) is 11.5 Å². The lowest BCUT2D eigenvalue weighted by atomic mass is 10.1. The third kappa shape index (κ3) is 8.15. The molecule has 0 spiro atoms. The van der Waals surface area contributed by atoms with Crippen LogP contribution in [0.2, 0.25) is 0 Å². The lowest BCUT2D eigenvalue weighted by Crippen LogP contribution is -2.42. The number of hydrogen-bond donors (Lipinski definition) is 1. The van der Waals surface area contributed by atoms with Crippen molar-refractivity contribution in [3.8, 4) is 11.5 Å². The molecule has 1 N–H and O–H groups in total. The van der Waals surface area contributed by atoms with Gasteiger partial charge in [0.1, 0.15) is 29.1 Å². The normalized spacial score (nSPS) is 11.7. The Morgan fingerprint density at radius 1 is 1.08 bits per heavy atom. The Kier molecular flexibility index (Phi) is 10.4. The van der Waals surface area contributed by atoms with Crippen LogP contribution in [0.25, 0.3) is 0 Å². The van der Waals surface area contributed by atoms with Crippen LogP contribution in [-0.2, 0) is 33.7 Å². The number of nitrogens with one attached hydrogen (secondary N) is 1. The van der Waals surface area contributed by atoms with Gasteiger partial charge in [-0.2, -0.15) is 0 Å². The number of carbonyl (C=O) groups excluding carboxylic acids is 2. The molecule has 2 amide bonds. The average Bonchev–Trinajstić information content (AvgIpc) is 3.41. The molecule has 11 heteroatoms.